The lowest BCUT2D eigenvalue weighted by atomic mass is 10.0. The van der Waals surface area contributed by atoms with E-state index in [0.717, 1.165) is 18.5 Å². The number of nitrogens with zero attached hydrogens (tertiary/aromatic N) is 4. The highest BCUT2D eigenvalue weighted by molar-refractivity contribution is 6.35. The molecule has 0 atom stereocenters. The predicted molar refractivity (Wildman–Crippen MR) is 143 cm³/mol. The molecule has 1 aliphatic heterocycles. The van der Waals surface area contributed by atoms with E-state index in [-0.39, 0.29) is 17.0 Å². The number of carbonyl (C=O) groups excluding carboxylic acids is 2. The minimum absolute atomic E-state index is 0.0622. The van der Waals surface area contributed by atoms with E-state index in [0.29, 0.717) is 41.1 Å². The number of nitrogens with one attached hydrogen (secondary N) is 3. The first-order valence-electron chi connectivity index (χ1n) is 11.4. The van der Waals surface area contributed by atoms with Crippen LogP contribution in [0, 0.1) is 0 Å². The normalized spacial score (nSPS) is 12.9. The number of anilines is 4. The monoisotopic (exact) mass is 527 g/mol. The summed E-state index contributed by atoms with van der Waals surface area (Å²) in [6, 6.07) is 11.2. The fourth-order valence-corrected chi connectivity index (χ4v) is 4.46. The Morgan fingerprint density at radius 3 is 2.47 bits per heavy atom. The molecule has 1 aliphatic rings. The van der Waals surface area contributed by atoms with Gasteiger partial charge < -0.3 is 25.8 Å². The summed E-state index contributed by atoms with van der Waals surface area (Å²) in [5.41, 5.74) is 4.08. The maximum Gasteiger partial charge on any atom is 0.317 e. The topological polar surface area (TPSA) is 102 Å². The number of amides is 3. The lowest BCUT2D eigenvalue weighted by molar-refractivity contribution is 0.0964. The number of urea groups is 1. The van der Waals surface area contributed by atoms with Crippen LogP contribution in [0.3, 0.4) is 0 Å². The molecule has 0 aliphatic carbocycles. The SMILES string of the molecule is CNC(=O)c1cccc(Cl)c1Nc1nc(N(C)c2ccc3c(c2)CCN(C(=O)NC)CC3)ncc1Cl. The predicted octanol–water partition coefficient (Wildman–Crippen LogP) is 4.39. The van der Waals surface area contributed by atoms with Gasteiger partial charge in [-0.25, -0.2) is 9.78 Å². The lowest BCUT2D eigenvalue weighted by Crippen LogP contribution is -2.39. The van der Waals surface area contributed by atoms with Crippen molar-refractivity contribution in [2.24, 2.45) is 0 Å². The van der Waals surface area contributed by atoms with Crippen molar-refractivity contribution in [2.75, 3.05) is 44.4 Å². The summed E-state index contributed by atoms with van der Waals surface area (Å²) >= 11 is 12.8. The molecular formula is C25H27Cl2N7O2. The van der Waals surface area contributed by atoms with Crippen molar-refractivity contribution in [3.05, 3.63) is 69.3 Å². The minimum Gasteiger partial charge on any atom is -0.355 e. The Morgan fingerprint density at radius 2 is 1.75 bits per heavy atom. The van der Waals surface area contributed by atoms with Gasteiger partial charge in [0.25, 0.3) is 5.91 Å². The zero-order chi connectivity index (χ0) is 25.8. The van der Waals surface area contributed by atoms with E-state index in [4.69, 9.17) is 23.2 Å². The van der Waals surface area contributed by atoms with E-state index >= 15 is 0 Å². The molecule has 1 aromatic heterocycles. The second kappa shape index (κ2) is 11.0. The summed E-state index contributed by atoms with van der Waals surface area (Å²) < 4.78 is 0. The molecule has 11 heteroatoms. The zero-order valence-corrected chi connectivity index (χ0v) is 21.7. The van der Waals surface area contributed by atoms with Gasteiger partial charge in [-0.2, -0.15) is 4.98 Å². The van der Waals surface area contributed by atoms with Crippen molar-refractivity contribution >= 4 is 58.3 Å². The van der Waals surface area contributed by atoms with Crippen molar-refractivity contribution in [2.45, 2.75) is 12.8 Å². The third-order valence-electron chi connectivity index (χ3n) is 6.14. The van der Waals surface area contributed by atoms with Crippen LogP contribution in [0.2, 0.25) is 10.0 Å². The van der Waals surface area contributed by atoms with E-state index in [9.17, 15) is 9.59 Å². The standard InChI is InChI=1S/C25H27Cl2N7O2/c1-28-23(35)18-5-4-6-19(26)21(18)31-22-20(27)14-30-24(32-22)33(3)17-8-7-15-9-11-34(25(36)29-2)12-10-16(15)13-17/h4-8,13-14H,9-12H2,1-3H3,(H,28,35)(H,29,36)(H,30,31,32). The summed E-state index contributed by atoms with van der Waals surface area (Å²) in [6.45, 7) is 1.33. The second-order valence-corrected chi connectivity index (χ2v) is 9.10. The molecule has 3 aromatic rings. The Labute approximate surface area is 219 Å². The van der Waals surface area contributed by atoms with Gasteiger partial charge in [0.05, 0.1) is 22.5 Å². The van der Waals surface area contributed by atoms with Crippen LogP contribution in [0.25, 0.3) is 0 Å². The number of fused-ring (bicyclic) bond motifs is 1. The van der Waals surface area contributed by atoms with Gasteiger partial charge in [0.15, 0.2) is 5.82 Å². The van der Waals surface area contributed by atoms with Gasteiger partial charge in [0.2, 0.25) is 5.95 Å². The molecule has 36 heavy (non-hydrogen) atoms. The lowest BCUT2D eigenvalue weighted by Gasteiger charge is -2.20. The van der Waals surface area contributed by atoms with E-state index in [2.05, 4.69) is 38.1 Å². The molecule has 0 bridgehead atoms. The first-order valence-corrected chi connectivity index (χ1v) is 12.2. The first-order chi connectivity index (χ1) is 17.3. The number of hydrogen-bond acceptors (Lipinski definition) is 6. The average Bonchev–Trinajstić information content (AvgIpc) is 3.11. The van der Waals surface area contributed by atoms with E-state index in [1.54, 1.807) is 32.3 Å². The Hall–Kier alpha value is -3.56. The highest BCUT2D eigenvalue weighted by Gasteiger charge is 2.20. The molecule has 0 fully saturated rings. The zero-order valence-electron chi connectivity index (χ0n) is 20.2. The fourth-order valence-electron chi connectivity index (χ4n) is 4.10. The maximum absolute atomic E-state index is 12.3. The van der Waals surface area contributed by atoms with Gasteiger partial charge in [-0.1, -0.05) is 35.3 Å². The number of hydrogen-bond donors (Lipinski definition) is 3. The van der Waals surface area contributed by atoms with Crippen LogP contribution in [0.4, 0.5) is 27.9 Å². The van der Waals surface area contributed by atoms with Gasteiger partial charge >= 0.3 is 6.03 Å². The number of para-hydroxylation sites is 1. The number of rotatable bonds is 5. The molecule has 0 radical (unpaired) electrons. The highest BCUT2D eigenvalue weighted by atomic mass is 35.5. The van der Waals surface area contributed by atoms with Crippen molar-refractivity contribution in [1.82, 2.24) is 25.5 Å². The van der Waals surface area contributed by atoms with E-state index in [1.165, 1.54) is 17.3 Å². The van der Waals surface area contributed by atoms with Crippen molar-refractivity contribution in [3.63, 3.8) is 0 Å². The molecule has 3 amide bonds. The molecular weight excluding hydrogens is 501 g/mol. The molecule has 4 rings (SSSR count). The molecule has 0 saturated carbocycles. The smallest absolute Gasteiger partial charge is 0.317 e. The van der Waals surface area contributed by atoms with Crippen LogP contribution >= 0.6 is 23.2 Å². The Kier molecular flexibility index (Phi) is 7.81. The summed E-state index contributed by atoms with van der Waals surface area (Å²) in [7, 11) is 5.07. The number of halogens is 2. The van der Waals surface area contributed by atoms with E-state index in [1.807, 2.05) is 22.9 Å². The molecule has 9 nitrogen and oxygen atoms in total. The van der Waals surface area contributed by atoms with Gasteiger partial charge in [0, 0.05) is 39.9 Å². The quantitative estimate of drug-likeness (QED) is 0.454. The summed E-state index contributed by atoms with van der Waals surface area (Å²) in [5, 5.41) is 9.05. The van der Waals surface area contributed by atoms with Gasteiger partial charge in [-0.15, -0.1) is 0 Å². The van der Waals surface area contributed by atoms with Gasteiger partial charge in [0.1, 0.15) is 5.02 Å². The Balaban J connectivity index is 1.60. The van der Waals surface area contributed by atoms with Crippen LogP contribution < -0.4 is 20.9 Å². The minimum atomic E-state index is -0.289. The first kappa shape index (κ1) is 25.5. The highest BCUT2D eigenvalue weighted by Crippen LogP contribution is 2.33. The van der Waals surface area contributed by atoms with Crippen molar-refractivity contribution < 1.29 is 9.59 Å². The Morgan fingerprint density at radius 1 is 1.00 bits per heavy atom. The van der Waals surface area contributed by atoms with Crippen molar-refractivity contribution in [1.29, 1.82) is 0 Å². The van der Waals surface area contributed by atoms with Gasteiger partial charge in [-0.3, -0.25) is 4.79 Å². The number of carbonyl (C=O) groups is 2. The molecule has 2 aromatic carbocycles. The summed E-state index contributed by atoms with van der Waals surface area (Å²) in [4.78, 5) is 37.1. The van der Waals surface area contributed by atoms with Crippen LogP contribution in [0.5, 0.6) is 0 Å². The van der Waals surface area contributed by atoms with Crippen LogP contribution in [0.1, 0.15) is 21.5 Å². The second-order valence-electron chi connectivity index (χ2n) is 8.29. The van der Waals surface area contributed by atoms with Crippen LogP contribution in [-0.4, -0.2) is 61.0 Å². The van der Waals surface area contributed by atoms with E-state index < -0.39 is 0 Å². The van der Waals surface area contributed by atoms with Crippen LogP contribution in [-0.2, 0) is 12.8 Å². The largest absolute Gasteiger partial charge is 0.355 e. The molecule has 0 saturated heterocycles. The fraction of sp³-hybridized carbons (Fsp3) is 0.280. The number of benzene rings is 2. The molecule has 0 unspecified atom stereocenters. The molecule has 3 N–H and O–H groups in total. The number of aromatic nitrogens is 2. The third-order valence-corrected chi connectivity index (χ3v) is 6.73. The average molecular weight is 528 g/mol. The summed E-state index contributed by atoms with van der Waals surface area (Å²) in [6.07, 6.45) is 3.06. The van der Waals surface area contributed by atoms with Crippen LogP contribution in [0.15, 0.2) is 42.6 Å². The molecule has 2 heterocycles. The maximum atomic E-state index is 12.3. The third kappa shape index (κ3) is 5.32. The van der Waals surface area contributed by atoms with Crippen molar-refractivity contribution in [3.8, 4) is 0 Å². The Bertz CT molecular complexity index is 1300. The molecule has 188 valence electrons. The van der Waals surface area contributed by atoms with Gasteiger partial charge in [-0.05, 0) is 48.2 Å². The molecule has 0 spiro atoms. The summed E-state index contributed by atoms with van der Waals surface area (Å²) in [5.74, 6) is 0.446.